The number of aromatic nitrogens is 4. The summed E-state index contributed by atoms with van der Waals surface area (Å²) in [6.07, 6.45) is 7.87. The van der Waals surface area contributed by atoms with Crippen molar-refractivity contribution in [3.05, 3.63) is 54.2 Å². The van der Waals surface area contributed by atoms with E-state index in [2.05, 4.69) is 68.6 Å². The van der Waals surface area contributed by atoms with Crippen LogP contribution in [0.2, 0.25) is 10.1 Å². The molecule has 2 saturated heterocycles. The molecule has 180 valence electrons. The van der Waals surface area contributed by atoms with Crippen LogP contribution in [0.4, 0.5) is 0 Å². The summed E-state index contributed by atoms with van der Waals surface area (Å²) in [5.74, 6) is 0. The second kappa shape index (κ2) is 8.37. The van der Waals surface area contributed by atoms with Crippen molar-refractivity contribution >= 4 is 31.9 Å². The van der Waals surface area contributed by atoms with Gasteiger partial charge in [0, 0.05) is 16.5 Å². The summed E-state index contributed by atoms with van der Waals surface area (Å²) in [5.41, 5.74) is 3.43. The number of hydrogen-bond donors (Lipinski definition) is 0. The quantitative estimate of drug-likeness (QED) is 0.447. The molecule has 0 aliphatic carbocycles. The Hall–Kier alpha value is -2.39. The highest BCUT2D eigenvalue weighted by atomic mass is 28.4. The molecule has 34 heavy (non-hydrogen) atoms. The maximum absolute atomic E-state index is 6.89. The van der Waals surface area contributed by atoms with Gasteiger partial charge in [0.25, 0.3) is 0 Å². The minimum Gasteiger partial charge on any atom is -0.391 e. The fourth-order valence-electron chi connectivity index (χ4n) is 5.45. The Morgan fingerprint density at radius 1 is 0.941 bits per heavy atom. The van der Waals surface area contributed by atoms with E-state index in [1.165, 1.54) is 0 Å². The molecule has 5 rings (SSSR count). The minimum absolute atomic E-state index is 0.000556. The van der Waals surface area contributed by atoms with Crippen LogP contribution in [0.1, 0.15) is 65.4 Å². The SMILES string of the molecule is CC(C)(C)[Si]1(C(C)(C)C)OC[C@H]2O[C@@H](n3cnc4c(/C=C/c5ccccc5)ncnc43)C[C@@H]2O1. The van der Waals surface area contributed by atoms with E-state index < -0.39 is 8.56 Å². The van der Waals surface area contributed by atoms with E-state index in [0.717, 1.165) is 28.8 Å². The minimum atomic E-state index is -2.53. The van der Waals surface area contributed by atoms with E-state index in [1.807, 2.05) is 34.9 Å². The zero-order chi connectivity index (χ0) is 24.1. The Morgan fingerprint density at radius 2 is 1.68 bits per heavy atom. The van der Waals surface area contributed by atoms with Crippen LogP contribution in [-0.4, -0.2) is 46.9 Å². The molecule has 0 amide bonds. The summed E-state index contributed by atoms with van der Waals surface area (Å²) in [5, 5.41) is -0.105. The maximum Gasteiger partial charge on any atom is 0.349 e. The molecule has 0 bridgehead atoms. The number of imidazole rings is 1. The average molecular weight is 479 g/mol. The summed E-state index contributed by atoms with van der Waals surface area (Å²) in [6, 6.07) is 10.2. The highest BCUT2D eigenvalue weighted by Crippen LogP contribution is 2.55. The molecule has 0 unspecified atom stereocenters. The first-order valence-electron chi connectivity index (χ1n) is 12.0. The standard InChI is InChI=1S/C26H34N4O3Si/c1-25(2,3)34(26(4,5)6)31-15-21-20(33-34)14-22(32-21)30-17-29-23-19(27-16-28-24(23)30)13-12-18-10-8-7-9-11-18/h7-13,16-17,20-22H,14-15H2,1-6H3/b13-12+/t20-,21+,22+/m0/s1. The van der Waals surface area contributed by atoms with E-state index in [4.69, 9.17) is 13.6 Å². The van der Waals surface area contributed by atoms with Crippen molar-refractivity contribution < 1.29 is 13.6 Å². The molecule has 2 aliphatic rings. The Morgan fingerprint density at radius 3 is 2.38 bits per heavy atom. The third-order valence-electron chi connectivity index (χ3n) is 6.85. The first-order valence-corrected chi connectivity index (χ1v) is 13.8. The van der Waals surface area contributed by atoms with Gasteiger partial charge in [0.2, 0.25) is 0 Å². The van der Waals surface area contributed by atoms with Crippen LogP contribution >= 0.6 is 0 Å². The number of nitrogens with zero attached hydrogens (tertiary/aromatic N) is 4. The van der Waals surface area contributed by atoms with Crippen LogP contribution in [0.3, 0.4) is 0 Å². The summed E-state index contributed by atoms with van der Waals surface area (Å²) >= 11 is 0. The third kappa shape index (κ3) is 3.92. The molecule has 0 saturated carbocycles. The molecule has 2 fully saturated rings. The smallest absolute Gasteiger partial charge is 0.349 e. The Balaban J connectivity index is 1.41. The van der Waals surface area contributed by atoms with Gasteiger partial charge in [0.15, 0.2) is 5.65 Å². The van der Waals surface area contributed by atoms with Gasteiger partial charge in [-0.15, -0.1) is 0 Å². The van der Waals surface area contributed by atoms with Gasteiger partial charge >= 0.3 is 8.56 Å². The predicted molar refractivity (Wildman–Crippen MR) is 135 cm³/mol. The molecule has 4 heterocycles. The third-order valence-corrected chi connectivity index (χ3v) is 12.0. The highest BCUT2D eigenvalue weighted by molar-refractivity contribution is 6.73. The summed E-state index contributed by atoms with van der Waals surface area (Å²) in [7, 11) is -2.53. The van der Waals surface area contributed by atoms with E-state index in [1.54, 1.807) is 12.7 Å². The van der Waals surface area contributed by atoms with Crippen molar-refractivity contribution in [2.24, 2.45) is 0 Å². The predicted octanol–water partition coefficient (Wildman–Crippen LogP) is 5.74. The molecule has 3 aromatic rings. The van der Waals surface area contributed by atoms with Crippen molar-refractivity contribution in [1.29, 1.82) is 0 Å². The van der Waals surface area contributed by atoms with E-state index in [0.29, 0.717) is 6.61 Å². The van der Waals surface area contributed by atoms with E-state index in [9.17, 15) is 0 Å². The van der Waals surface area contributed by atoms with Gasteiger partial charge in [-0.25, -0.2) is 15.0 Å². The number of hydrogen-bond acceptors (Lipinski definition) is 6. The number of fused-ring (bicyclic) bond motifs is 2. The lowest BCUT2D eigenvalue weighted by Crippen LogP contribution is -2.64. The largest absolute Gasteiger partial charge is 0.391 e. The summed E-state index contributed by atoms with van der Waals surface area (Å²) < 4.78 is 21.9. The van der Waals surface area contributed by atoms with Gasteiger partial charge in [-0.3, -0.25) is 4.57 Å². The van der Waals surface area contributed by atoms with Crippen molar-refractivity contribution in [2.75, 3.05) is 6.61 Å². The molecule has 0 spiro atoms. The molecular formula is C26H34N4O3Si. The van der Waals surface area contributed by atoms with Crippen LogP contribution in [0.15, 0.2) is 43.0 Å². The zero-order valence-electron chi connectivity index (χ0n) is 20.9. The fraction of sp³-hybridized carbons (Fsp3) is 0.500. The number of ether oxygens (including phenoxy) is 1. The maximum atomic E-state index is 6.89. The van der Waals surface area contributed by atoms with Crippen molar-refractivity contribution in [2.45, 2.75) is 76.5 Å². The van der Waals surface area contributed by atoms with Crippen LogP contribution in [0.5, 0.6) is 0 Å². The van der Waals surface area contributed by atoms with Crippen molar-refractivity contribution in [1.82, 2.24) is 19.5 Å². The molecule has 0 N–H and O–H groups in total. The van der Waals surface area contributed by atoms with Crippen LogP contribution in [0, 0.1) is 0 Å². The van der Waals surface area contributed by atoms with Crippen LogP contribution in [-0.2, 0) is 13.6 Å². The first kappa shape index (κ1) is 23.4. The normalized spacial score (nSPS) is 25.2. The Bertz CT molecular complexity index is 1180. The second-order valence-electron chi connectivity index (χ2n) is 11.3. The van der Waals surface area contributed by atoms with Gasteiger partial charge in [-0.1, -0.05) is 78.0 Å². The topological polar surface area (TPSA) is 71.3 Å². The lowest BCUT2D eigenvalue weighted by atomic mass is 10.2. The molecule has 3 atom stereocenters. The van der Waals surface area contributed by atoms with Gasteiger partial charge in [0.05, 0.1) is 24.7 Å². The van der Waals surface area contributed by atoms with Crippen LogP contribution < -0.4 is 0 Å². The van der Waals surface area contributed by atoms with E-state index in [-0.39, 0.29) is 28.5 Å². The van der Waals surface area contributed by atoms with Gasteiger partial charge in [-0.05, 0) is 11.6 Å². The fourth-order valence-corrected chi connectivity index (χ4v) is 10.4. The molecule has 1 aromatic carbocycles. The highest BCUT2D eigenvalue weighted by Gasteiger charge is 2.63. The zero-order valence-corrected chi connectivity index (χ0v) is 21.9. The van der Waals surface area contributed by atoms with E-state index >= 15 is 0 Å². The van der Waals surface area contributed by atoms with Gasteiger partial charge < -0.3 is 13.6 Å². The first-order chi connectivity index (χ1) is 16.1. The Kier molecular flexibility index (Phi) is 5.75. The van der Waals surface area contributed by atoms with Crippen molar-refractivity contribution in [3.8, 4) is 0 Å². The van der Waals surface area contributed by atoms with Gasteiger partial charge in [-0.2, -0.15) is 0 Å². The average Bonchev–Trinajstić information content (AvgIpc) is 3.40. The summed E-state index contributed by atoms with van der Waals surface area (Å²) in [6.45, 7) is 14.0. The summed E-state index contributed by atoms with van der Waals surface area (Å²) in [4.78, 5) is 13.6. The molecular weight excluding hydrogens is 444 g/mol. The lowest BCUT2D eigenvalue weighted by molar-refractivity contribution is -0.0794. The number of benzene rings is 1. The molecule has 2 aliphatic heterocycles. The second-order valence-corrected chi connectivity index (χ2v) is 16.0. The monoisotopic (exact) mass is 478 g/mol. The number of rotatable bonds is 3. The lowest BCUT2D eigenvalue weighted by Gasteiger charge is -2.53. The molecule has 2 aromatic heterocycles. The molecule has 0 radical (unpaired) electrons. The van der Waals surface area contributed by atoms with Crippen LogP contribution in [0.25, 0.3) is 23.3 Å². The van der Waals surface area contributed by atoms with Gasteiger partial charge in [0.1, 0.15) is 24.2 Å². The molecule has 7 nitrogen and oxygen atoms in total. The molecule has 8 heteroatoms. The van der Waals surface area contributed by atoms with Crippen molar-refractivity contribution in [3.63, 3.8) is 0 Å². The Labute approximate surface area is 202 Å².